The molecule has 0 unspecified atom stereocenters. The van der Waals surface area contributed by atoms with Gasteiger partial charge in [-0.05, 0) is 24.3 Å². The largest absolute Gasteiger partial charge is 0.375 e. The highest BCUT2D eigenvalue weighted by Gasteiger charge is 2.44. The fourth-order valence-electron chi connectivity index (χ4n) is 1.72. The van der Waals surface area contributed by atoms with Crippen molar-refractivity contribution in [3.8, 4) is 0 Å². The molecule has 4 heteroatoms. The minimum atomic E-state index is -2.19. The van der Waals surface area contributed by atoms with Crippen LogP contribution in [0.15, 0.2) is 60.7 Å². The van der Waals surface area contributed by atoms with Crippen molar-refractivity contribution in [2.75, 3.05) is 0 Å². The second kappa shape index (κ2) is 4.35. The van der Waals surface area contributed by atoms with E-state index in [1.807, 2.05) is 0 Å². The smallest absolute Gasteiger partial charge is 0.323 e. The Labute approximate surface area is 98.3 Å². The van der Waals surface area contributed by atoms with Crippen LogP contribution < -0.4 is 0 Å². The highest BCUT2D eigenvalue weighted by molar-refractivity contribution is 5.32. The van der Waals surface area contributed by atoms with E-state index < -0.39 is 10.6 Å². The van der Waals surface area contributed by atoms with Gasteiger partial charge >= 0.3 is 5.72 Å². The zero-order chi connectivity index (χ0) is 12.3. The summed E-state index contributed by atoms with van der Waals surface area (Å²) in [4.78, 5) is 10.5. The van der Waals surface area contributed by atoms with E-state index in [1.165, 1.54) is 24.3 Å². The number of hydrogen-bond donors (Lipinski definition) is 1. The van der Waals surface area contributed by atoms with Crippen LogP contribution in [0.5, 0.6) is 0 Å². The van der Waals surface area contributed by atoms with Crippen molar-refractivity contribution in [2.24, 2.45) is 0 Å². The Morgan fingerprint density at radius 3 is 1.53 bits per heavy atom. The lowest BCUT2D eigenvalue weighted by Crippen LogP contribution is -2.36. The topological polar surface area (TPSA) is 63.4 Å². The minimum absolute atomic E-state index is 0.246. The Hall–Kier alpha value is -2.20. The van der Waals surface area contributed by atoms with Gasteiger partial charge in [0, 0.05) is 0 Å². The van der Waals surface area contributed by atoms with Crippen molar-refractivity contribution in [3.05, 3.63) is 81.9 Å². The molecule has 4 nitrogen and oxygen atoms in total. The van der Waals surface area contributed by atoms with Gasteiger partial charge < -0.3 is 5.11 Å². The summed E-state index contributed by atoms with van der Waals surface area (Å²) in [5.41, 5.74) is -1.70. The first kappa shape index (κ1) is 11.3. The van der Waals surface area contributed by atoms with Crippen LogP contribution in [-0.4, -0.2) is 10.0 Å². The van der Waals surface area contributed by atoms with Gasteiger partial charge in [0.25, 0.3) is 0 Å². The van der Waals surface area contributed by atoms with E-state index in [2.05, 4.69) is 0 Å². The van der Waals surface area contributed by atoms with Gasteiger partial charge in [-0.2, -0.15) is 0 Å². The van der Waals surface area contributed by atoms with Crippen LogP contribution in [0.3, 0.4) is 0 Å². The van der Waals surface area contributed by atoms with Crippen LogP contribution in [-0.2, 0) is 5.72 Å². The molecule has 0 heterocycles. The average molecular weight is 229 g/mol. The van der Waals surface area contributed by atoms with Crippen molar-refractivity contribution < 1.29 is 10.0 Å². The van der Waals surface area contributed by atoms with Crippen molar-refractivity contribution in [2.45, 2.75) is 5.72 Å². The van der Waals surface area contributed by atoms with Gasteiger partial charge in [-0.25, -0.2) is 0 Å². The summed E-state index contributed by atoms with van der Waals surface area (Å²) in [5.74, 6) is 0. The Balaban J connectivity index is 2.59. The molecule has 17 heavy (non-hydrogen) atoms. The van der Waals surface area contributed by atoms with Crippen LogP contribution in [0, 0.1) is 10.1 Å². The third kappa shape index (κ3) is 1.90. The summed E-state index contributed by atoms with van der Waals surface area (Å²) in [5, 5.41) is 21.5. The molecule has 2 aromatic carbocycles. The van der Waals surface area contributed by atoms with Gasteiger partial charge in [0.2, 0.25) is 0 Å². The molecule has 0 saturated carbocycles. The maximum absolute atomic E-state index is 11.2. The van der Waals surface area contributed by atoms with Gasteiger partial charge in [-0.15, -0.1) is 0 Å². The molecule has 86 valence electrons. The lowest BCUT2D eigenvalue weighted by atomic mass is 9.95. The van der Waals surface area contributed by atoms with E-state index in [0.717, 1.165) is 0 Å². The molecule has 0 saturated heterocycles. The van der Waals surface area contributed by atoms with E-state index in [0.29, 0.717) is 0 Å². The van der Waals surface area contributed by atoms with Gasteiger partial charge in [-0.1, -0.05) is 36.4 Å². The molecule has 0 aliphatic carbocycles. The van der Waals surface area contributed by atoms with Crippen LogP contribution in [0.1, 0.15) is 11.1 Å². The highest BCUT2D eigenvalue weighted by atomic mass is 16.7. The number of rotatable bonds is 3. The molecule has 0 aromatic heterocycles. The van der Waals surface area contributed by atoms with Gasteiger partial charge in [0.05, 0.1) is 16.1 Å². The van der Waals surface area contributed by atoms with Gasteiger partial charge in [-0.3, -0.25) is 10.1 Å². The molecular weight excluding hydrogens is 218 g/mol. The molecular formula is C13H11NO3. The molecule has 1 N–H and O–H groups in total. The number of nitro groups is 1. The third-order valence-corrected chi connectivity index (χ3v) is 2.62. The maximum Gasteiger partial charge on any atom is 0.375 e. The van der Waals surface area contributed by atoms with E-state index in [1.54, 1.807) is 36.4 Å². The molecule has 0 radical (unpaired) electrons. The first-order valence-electron chi connectivity index (χ1n) is 5.13. The zero-order valence-corrected chi connectivity index (χ0v) is 8.98. The first-order chi connectivity index (χ1) is 8.15. The van der Waals surface area contributed by atoms with E-state index >= 15 is 0 Å². The Morgan fingerprint density at radius 2 is 1.24 bits per heavy atom. The molecule has 0 atom stereocenters. The normalized spacial score (nSPS) is 11.1. The summed E-state index contributed by atoms with van der Waals surface area (Å²) in [6.45, 7) is 0. The van der Waals surface area contributed by atoms with Gasteiger partial charge in [0.1, 0.15) is 0 Å². The fraction of sp³-hybridized carbons (Fsp3) is 0.0769. The van der Waals surface area contributed by atoms with Crippen molar-refractivity contribution in [3.63, 3.8) is 0 Å². The lowest BCUT2D eigenvalue weighted by molar-refractivity contribution is -0.621. The van der Waals surface area contributed by atoms with E-state index in [9.17, 15) is 15.2 Å². The summed E-state index contributed by atoms with van der Waals surface area (Å²) < 4.78 is 0. The predicted octanol–water partition coefficient (Wildman–Crippen LogP) is 2.16. The number of nitrogens with zero attached hydrogens (tertiary/aromatic N) is 1. The van der Waals surface area contributed by atoms with Crippen molar-refractivity contribution >= 4 is 0 Å². The molecule has 0 bridgehead atoms. The quantitative estimate of drug-likeness (QED) is 0.498. The Morgan fingerprint density at radius 1 is 0.882 bits per heavy atom. The number of benzene rings is 2. The second-order valence-electron chi connectivity index (χ2n) is 3.66. The predicted molar refractivity (Wildman–Crippen MR) is 62.9 cm³/mol. The van der Waals surface area contributed by atoms with Crippen molar-refractivity contribution in [1.82, 2.24) is 0 Å². The summed E-state index contributed by atoms with van der Waals surface area (Å²) in [7, 11) is 0. The molecule has 2 aromatic rings. The molecule has 0 aliphatic heterocycles. The first-order valence-corrected chi connectivity index (χ1v) is 5.13. The zero-order valence-electron chi connectivity index (χ0n) is 8.98. The van der Waals surface area contributed by atoms with E-state index in [-0.39, 0.29) is 11.1 Å². The average Bonchev–Trinajstić information content (AvgIpc) is 2.39. The summed E-state index contributed by atoms with van der Waals surface area (Å²) in [6, 6.07) is 16.3. The molecule has 0 fully saturated rings. The fourth-order valence-corrected chi connectivity index (χ4v) is 1.72. The maximum atomic E-state index is 11.2. The van der Waals surface area contributed by atoms with Crippen LogP contribution >= 0.6 is 0 Å². The highest BCUT2D eigenvalue weighted by Crippen LogP contribution is 2.29. The Kier molecular flexibility index (Phi) is 2.89. The molecule has 2 rings (SSSR count). The lowest BCUT2D eigenvalue weighted by Gasteiger charge is -2.19. The van der Waals surface area contributed by atoms with E-state index in [4.69, 9.17) is 0 Å². The SMILES string of the molecule is O=[N+]([O-])C(O)(c1ccccc1)c1ccccc1. The molecule has 0 aliphatic rings. The van der Waals surface area contributed by atoms with Gasteiger partial charge in [0.15, 0.2) is 0 Å². The molecule has 0 amide bonds. The van der Waals surface area contributed by atoms with Crippen LogP contribution in [0.25, 0.3) is 0 Å². The summed E-state index contributed by atoms with van der Waals surface area (Å²) >= 11 is 0. The third-order valence-electron chi connectivity index (χ3n) is 2.62. The monoisotopic (exact) mass is 229 g/mol. The Bertz CT molecular complexity index is 471. The second-order valence-corrected chi connectivity index (χ2v) is 3.66. The summed E-state index contributed by atoms with van der Waals surface area (Å²) in [6.07, 6.45) is 0. The number of hydrogen-bond acceptors (Lipinski definition) is 3. The van der Waals surface area contributed by atoms with Crippen LogP contribution in [0.4, 0.5) is 0 Å². The minimum Gasteiger partial charge on any atom is -0.323 e. The van der Waals surface area contributed by atoms with Crippen LogP contribution in [0.2, 0.25) is 0 Å². The molecule has 0 spiro atoms. The standard InChI is InChI=1S/C13H11NO3/c15-13(14(16)17,11-7-3-1-4-8-11)12-9-5-2-6-10-12/h1-10,15H. The number of aliphatic hydroxyl groups is 1. The van der Waals surface area contributed by atoms with Crippen molar-refractivity contribution in [1.29, 1.82) is 0 Å².